The first kappa shape index (κ1) is 17.0. The predicted molar refractivity (Wildman–Crippen MR) is 87.5 cm³/mol. The lowest BCUT2D eigenvalue weighted by atomic mass is 10.2. The first-order chi connectivity index (χ1) is 12.0. The number of hydrogen-bond acceptors (Lipinski definition) is 7. The molecule has 1 aromatic heterocycles. The van der Waals surface area contributed by atoms with Crippen LogP contribution in [0.25, 0.3) is 10.6 Å². The molecular weight excluding hydrogens is 350 g/mol. The van der Waals surface area contributed by atoms with E-state index in [0.717, 1.165) is 0 Å². The van der Waals surface area contributed by atoms with Crippen molar-refractivity contribution in [1.29, 1.82) is 0 Å². The van der Waals surface area contributed by atoms with Crippen molar-refractivity contribution in [2.45, 2.75) is 6.10 Å². The summed E-state index contributed by atoms with van der Waals surface area (Å²) in [4.78, 5) is 39.5. The fourth-order valence-corrected chi connectivity index (χ4v) is 3.19. The number of nitro groups is 1. The molecule has 1 aliphatic heterocycles. The van der Waals surface area contributed by atoms with Gasteiger partial charge in [-0.05, 0) is 0 Å². The summed E-state index contributed by atoms with van der Waals surface area (Å²) >= 11 is 1.19. The molecule has 2 aromatic rings. The van der Waals surface area contributed by atoms with Crippen LogP contribution in [0.1, 0.15) is 10.5 Å². The number of carboxylic acids is 1. The highest BCUT2D eigenvalue weighted by Gasteiger charge is 2.30. The molecule has 2 heterocycles. The molecule has 1 unspecified atom stereocenters. The Balaban J connectivity index is 1.79. The highest BCUT2D eigenvalue weighted by atomic mass is 32.1. The summed E-state index contributed by atoms with van der Waals surface area (Å²) in [6.45, 7) is 0.384. The van der Waals surface area contributed by atoms with Gasteiger partial charge in [-0.2, -0.15) is 0 Å². The van der Waals surface area contributed by atoms with Gasteiger partial charge >= 0.3 is 5.97 Å². The van der Waals surface area contributed by atoms with Gasteiger partial charge in [0, 0.05) is 29.6 Å². The minimum Gasteiger partial charge on any atom is -0.479 e. The van der Waals surface area contributed by atoms with Crippen LogP contribution < -0.4 is 0 Å². The number of aromatic nitrogens is 1. The number of benzene rings is 1. The molecule has 1 fully saturated rings. The number of ether oxygens (including phenoxy) is 1. The number of carbonyl (C=O) groups is 2. The Bertz CT molecular complexity index is 836. The normalized spacial score (nSPS) is 17.3. The van der Waals surface area contributed by atoms with Crippen LogP contribution in [0.4, 0.5) is 5.69 Å². The van der Waals surface area contributed by atoms with E-state index >= 15 is 0 Å². The molecule has 3 rings (SSSR count). The number of thiazole rings is 1. The molecule has 0 saturated carbocycles. The first-order valence-corrected chi connectivity index (χ1v) is 8.17. The van der Waals surface area contributed by atoms with Crippen molar-refractivity contribution in [3.8, 4) is 10.6 Å². The molecular formula is C15H13N3O6S. The van der Waals surface area contributed by atoms with Crippen LogP contribution in [0.3, 0.4) is 0 Å². The average Bonchev–Trinajstić information content (AvgIpc) is 3.11. The van der Waals surface area contributed by atoms with Gasteiger partial charge in [-0.15, -0.1) is 11.3 Å². The minimum absolute atomic E-state index is 0.0438. The topological polar surface area (TPSA) is 123 Å². The first-order valence-electron chi connectivity index (χ1n) is 7.30. The molecule has 1 aliphatic rings. The number of aliphatic carboxylic acids is 1. The third-order valence-corrected chi connectivity index (χ3v) is 4.55. The molecule has 130 valence electrons. The Morgan fingerprint density at radius 3 is 2.96 bits per heavy atom. The third kappa shape index (κ3) is 3.64. The van der Waals surface area contributed by atoms with E-state index in [2.05, 4.69) is 4.98 Å². The van der Waals surface area contributed by atoms with Gasteiger partial charge < -0.3 is 14.7 Å². The van der Waals surface area contributed by atoms with Gasteiger partial charge in [-0.1, -0.05) is 12.1 Å². The fraction of sp³-hybridized carbons (Fsp3) is 0.267. The van der Waals surface area contributed by atoms with Crippen molar-refractivity contribution in [2.75, 3.05) is 19.7 Å². The zero-order valence-corrected chi connectivity index (χ0v) is 13.6. The zero-order chi connectivity index (χ0) is 18.0. The Labute approximate surface area is 145 Å². The second-order valence-electron chi connectivity index (χ2n) is 5.29. The largest absolute Gasteiger partial charge is 0.479 e. The highest BCUT2D eigenvalue weighted by Crippen LogP contribution is 2.27. The summed E-state index contributed by atoms with van der Waals surface area (Å²) < 4.78 is 5.09. The molecule has 0 radical (unpaired) electrons. The van der Waals surface area contributed by atoms with Crippen molar-refractivity contribution in [3.63, 3.8) is 0 Å². The molecule has 0 aliphatic carbocycles. The van der Waals surface area contributed by atoms with Crippen LogP contribution in [-0.4, -0.2) is 57.6 Å². The van der Waals surface area contributed by atoms with E-state index in [-0.39, 0.29) is 37.0 Å². The van der Waals surface area contributed by atoms with Crippen LogP contribution in [0.5, 0.6) is 0 Å². The molecule has 10 heteroatoms. The monoisotopic (exact) mass is 363 g/mol. The Kier molecular flexibility index (Phi) is 4.72. The van der Waals surface area contributed by atoms with Gasteiger partial charge in [0.05, 0.1) is 18.1 Å². The number of nitro benzene ring substituents is 1. The highest BCUT2D eigenvalue weighted by molar-refractivity contribution is 7.13. The maximum atomic E-state index is 12.5. The lowest BCUT2D eigenvalue weighted by Gasteiger charge is -2.30. The predicted octanol–water partition coefficient (Wildman–Crippen LogP) is 1.64. The standard InChI is InChI=1S/C15H13N3O6S/c19-14(17-4-5-24-12(7-17)15(20)21)11-8-25-13(16-11)9-2-1-3-10(6-9)18(22)23/h1-3,6,8,12H,4-5,7H2,(H,20,21). The van der Waals surface area contributed by atoms with Crippen LogP contribution in [0.2, 0.25) is 0 Å². The number of hydrogen-bond donors (Lipinski definition) is 1. The van der Waals surface area contributed by atoms with Gasteiger partial charge in [0.1, 0.15) is 10.7 Å². The van der Waals surface area contributed by atoms with Gasteiger partial charge in [0.25, 0.3) is 11.6 Å². The van der Waals surface area contributed by atoms with Gasteiger partial charge in [-0.3, -0.25) is 14.9 Å². The number of carboxylic acid groups (broad SMARTS) is 1. The van der Waals surface area contributed by atoms with E-state index in [0.29, 0.717) is 10.6 Å². The molecule has 1 aromatic carbocycles. The molecule has 1 amide bonds. The number of morpholine rings is 1. The number of amides is 1. The van der Waals surface area contributed by atoms with E-state index in [1.165, 1.54) is 28.4 Å². The van der Waals surface area contributed by atoms with Crippen LogP contribution in [0, 0.1) is 10.1 Å². The summed E-state index contributed by atoms with van der Waals surface area (Å²) in [5.41, 5.74) is 0.666. The third-order valence-electron chi connectivity index (χ3n) is 3.66. The summed E-state index contributed by atoms with van der Waals surface area (Å²) in [7, 11) is 0. The SMILES string of the molecule is O=C(O)C1CN(C(=O)c2csc(-c3cccc([N+](=O)[O-])c3)n2)CCO1. The van der Waals surface area contributed by atoms with Crippen molar-refractivity contribution in [3.05, 3.63) is 45.5 Å². The number of rotatable bonds is 4. The molecule has 0 spiro atoms. The molecule has 1 N–H and O–H groups in total. The molecule has 9 nitrogen and oxygen atoms in total. The van der Waals surface area contributed by atoms with Gasteiger partial charge in [0.2, 0.25) is 0 Å². The molecule has 0 bridgehead atoms. The maximum Gasteiger partial charge on any atom is 0.334 e. The lowest BCUT2D eigenvalue weighted by Crippen LogP contribution is -2.48. The average molecular weight is 363 g/mol. The number of non-ortho nitro benzene ring substituents is 1. The lowest BCUT2D eigenvalue weighted by molar-refractivity contribution is -0.384. The van der Waals surface area contributed by atoms with Crippen LogP contribution in [-0.2, 0) is 9.53 Å². The Hall–Kier alpha value is -2.85. The van der Waals surface area contributed by atoms with Gasteiger partial charge in [-0.25, -0.2) is 9.78 Å². The minimum atomic E-state index is -1.12. The van der Waals surface area contributed by atoms with E-state index < -0.39 is 17.0 Å². The van der Waals surface area contributed by atoms with Crippen LogP contribution >= 0.6 is 11.3 Å². The quantitative estimate of drug-likeness (QED) is 0.647. The van der Waals surface area contributed by atoms with Crippen molar-refractivity contribution in [2.24, 2.45) is 0 Å². The second-order valence-corrected chi connectivity index (χ2v) is 6.15. The van der Waals surface area contributed by atoms with E-state index in [9.17, 15) is 19.7 Å². The van der Waals surface area contributed by atoms with Gasteiger partial charge in [0.15, 0.2) is 6.10 Å². The van der Waals surface area contributed by atoms with E-state index in [4.69, 9.17) is 9.84 Å². The molecule has 1 saturated heterocycles. The Morgan fingerprint density at radius 1 is 1.44 bits per heavy atom. The summed E-state index contributed by atoms with van der Waals surface area (Å²) in [6, 6.07) is 6.00. The summed E-state index contributed by atoms with van der Waals surface area (Å²) in [5, 5.41) is 21.9. The molecule has 25 heavy (non-hydrogen) atoms. The number of carbonyl (C=O) groups excluding carboxylic acids is 1. The summed E-state index contributed by atoms with van der Waals surface area (Å²) in [5.74, 6) is -1.50. The smallest absolute Gasteiger partial charge is 0.334 e. The number of nitrogens with zero attached hydrogens (tertiary/aromatic N) is 3. The van der Waals surface area contributed by atoms with Crippen molar-refractivity contribution >= 4 is 28.9 Å². The van der Waals surface area contributed by atoms with Crippen LogP contribution in [0.15, 0.2) is 29.6 Å². The maximum absolute atomic E-state index is 12.5. The van der Waals surface area contributed by atoms with E-state index in [1.54, 1.807) is 17.5 Å². The van der Waals surface area contributed by atoms with E-state index in [1.807, 2.05) is 0 Å². The Morgan fingerprint density at radius 2 is 2.24 bits per heavy atom. The van der Waals surface area contributed by atoms with Crippen molar-refractivity contribution in [1.82, 2.24) is 9.88 Å². The fourth-order valence-electron chi connectivity index (χ4n) is 2.40. The zero-order valence-electron chi connectivity index (χ0n) is 12.8. The molecule has 1 atom stereocenters. The van der Waals surface area contributed by atoms with Crippen molar-refractivity contribution < 1.29 is 24.4 Å². The summed E-state index contributed by atoms with van der Waals surface area (Å²) in [6.07, 6.45) is -1.05. The second kappa shape index (κ2) is 6.95.